The van der Waals surface area contributed by atoms with Gasteiger partial charge in [0.25, 0.3) is 0 Å². The van der Waals surface area contributed by atoms with Crippen LogP contribution in [0.2, 0.25) is 0 Å². The summed E-state index contributed by atoms with van der Waals surface area (Å²) in [6, 6.07) is 0. The van der Waals surface area contributed by atoms with E-state index in [2.05, 4.69) is 50.9 Å². The third-order valence-electron chi connectivity index (χ3n) is 0.731. The number of hydrogen-bond acceptors (Lipinski definition) is 1. The van der Waals surface area contributed by atoms with Gasteiger partial charge in [0.05, 0.1) is 0 Å². The Kier molecular flexibility index (Phi) is 10.4. The molecule has 0 aromatic carbocycles. The molecule has 0 aliphatic rings. The van der Waals surface area contributed by atoms with Crippen molar-refractivity contribution >= 4 is 44.3 Å². The van der Waals surface area contributed by atoms with E-state index < -0.39 is 0 Å². The highest BCUT2D eigenvalue weighted by atomic mass is 79.9. The zero-order chi connectivity index (χ0) is 6.57. The topological polar surface area (TPSA) is 3.24 Å². The first-order valence-corrected chi connectivity index (χ1v) is 4.55. The van der Waals surface area contributed by atoms with Gasteiger partial charge >= 0.3 is 0 Å². The number of rotatable bonds is 3. The third kappa shape index (κ3) is 9.21. The van der Waals surface area contributed by atoms with Gasteiger partial charge in [-0.3, -0.25) is 0 Å². The average molecular weight is 281 g/mol. The van der Waals surface area contributed by atoms with Crippen molar-refractivity contribution in [1.29, 1.82) is 0 Å². The largest absolute Gasteiger partial charge is 0.308 e. The van der Waals surface area contributed by atoms with Crippen LogP contribution in [0.3, 0.4) is 0 Å². The minimum Gasteiger partial charge on any atom is -0.308 e. The van der Waals surface area contributed by atoms with E-state index in [0.29, 0.717) is 4.83 Å². The molecule has 0 fully saturated rings. The minimum absolute atomic E-state index is 0. The van der Waals surface area contributed by atoms with Gasteiger partial charge in [-0.05, 0) is 14.1 Å². The standard InChI is InChI=1S/C5H11Br2N.ClH/c1-8(2)4-5(7)3-6;/h5H,3-4H2,1-2H3;1H. The molecule has 0 aliphatic heterocycles. The number of hydrogen-bond donors (Lipinski definition) is 0. The lowest BCUT2D eigenvalue weighted by Crippen LogP contribution is -2.22. The van der Waals surface area contributed by atoms with Crippen LogP contribution in [0.25, 0.3) is 0 Å². The Morgan fingerprint density at radius 3 is 2.00 bits per heavy atom. The van der Waals surface area contributed by atoms with Crippen molar-refractivity contribution in [3.8, 4) is 0 Å². The molecule has 0 radical (unpaired) electrons. The molecular formula is C5H12Br2ClN. The van der Waals surface area contributed by atoms with E-state index in [0.717, 1.165) is 11.9 Å². The van der Waals surface area contributed by atoms with Crippen molar-refractivity contribution in [2.45, 2.75) is 4.83 Å². The molecule has 1 atom stereocenters. The smallest absolute Gasteiger partial charge is 0.0369 e. The highest BCUT2D eigenvalue weighted by Crippen LogP contribution is 2.03. The van der Waals surface area contributed by atoms with Gasteiger partial charge in [0, 0.05) is 16.7 Å². The summed E-state index contributed by atoms with van der Waals surface area (Å²) in [5.41, 5.74) is 0. The van der Waals surface area contributed by atoms with Crippen LogP contribution in [0, 0.1) is 0 Å². The van der Waals surface area contributed by atoms with E-state index in [1.165, 1.54) is 0 Å². The average Bonchev–Trinajstić information content (AvgIpc) is 1.65. The summed E-state index contributed by atoms with van der Waals surface area (Å²) in [5.74, 6) is 0. The first-order valence-electron chi connectivity index (χ1n) is 2.51. The lowest BCUT2D eigenvalue weighted by atomic mass is 10.5. The van der Waals surface area contributed by atoms with Gasteiger partial charge in [-0.15, -0.1) is 12.4 Å². The molecule has 0 aromatic heterocycles. The fraction of sp³-hybridized carbons (Fsp3) is 1.00. The van der Waals surface area contributed by atoms with Crippen LogP contribution in [0.5, 0.6) is 0 Å². The highest BCUT2D eigenvalue weighted by molar-refractivity contribution is 9.12. The van der Waals surface area contributed by atoms with Crippen LogP contribution >= 0.6 is 44.3 Å². The quantitative estimate of drug-likeness (QED) is 0.716. The second kappa shape index (κ2) is 7.32. The molecule has 0 aliphatic carbocycles. The lowest BCUT2D eigenvalue weighted by molar-refractivity contribution is 0.417. The third-order valence-corrected chi connectivity index (χ3v) is 2.99. The summed E-state index contributed by atoms with van der Waals surface area (Å²) in [7, 11) is 4.13. The second-order valence-corrected chi connectivity index (χ2v) is 3.96. The van der Waals surface area contributed by atoms with Crippen LogP contribution in [-0.4, -0.2) is 35.7 Å². The van der Waals surface area contributed by atoms with Crippen molar-refractivity contribution in [2.24, 2.45) is 0 Å². The van der Waals surface area contributed by atoms with Gasteiger partial charge in [0.15, 0.2) is 0 Å². The van der Waals surface area contributed by atoms with E-state index in [1.54, 1.807) is 0 Å². The molecule has 1 unspecified atom stereocenters. The van der Waals surface area contributed by atoms with E-state index >= 15 is 0 Å². The maximum absolute atomic E-state index is 3.49. The van der Waals surface area contributed by atoms with Gasteiger partial charge in [0.1, 0.15) is 0 Å². The Labute approximate surface area is 79.8 Å². The van der Waals surface area contributed by atoms with Gasteiger partial charge in [-0.1, -0.05) is 31.9 Å². The maximum Gasteiger partial charge on any atom is 0.0369 e. The summed E-state index contributed by atoms with van der Waals surface area (Å²) in [6.45, 7) is 1.09. The highest BCUT2D eigenvalue weighted by Gasteiger charge is 2.00. The molecule has 0 rings (SSSR count). The molecule has 0 saturated heterocycles. The Morgan fingerprint density at radius 2 is 1.89 bits per heavy atom. The summed E-state index contributed by atoms with van der Waals surface area (Å²) < 4.78 is 0. The number of alkyl halides is 2. The predicted octanol–water partition coefficient (Wildman–Crippen LogP) is 2.13. The molecule has 58 valence electrons. The van der Waals surface area contributed by atoms with Gasteiger partial charge in [-0.25, -0.2) is 0 Å². The molecule has 0 bridgehead atoms. The van der Waals surface area contributed by atoms with Crippen LogP contribution in [0.4, 0.5) is 0 Å². The summed E-state index contributed by atoms with van der Waals surface area (Å²) >= 11 is 6.86. The first-order chi connectivity index (χ1) is 3.66. The molecule has 0 spiro atoms. The van der Waals surface area contributed by atoms with Crippen molar-refractivity contribution in [3.05, 3.63) is 0 Å². The van der Waals surface area contributed by atoms with Crippen LogP contribution in [-0.2, 0) is 0 Å². The molecule has 4 heteroatoms. The normalized spacial score (nSPS) is 13.0. The van der Waals surface area contributed by atoms with Crippen molar-refractivity contribution in [2.75, 3.05) is 26.0 Å². The van der Waals surface area contributed by atoms with Gasteiger partial charge < -0.3 is 4.90 Å². The number of nitrogens with zero attached hydrogens (tertiary/aromatic N) is 1. The predicted molar refractivity (Wildman–Crippen MR) is 52.3 cm³/mol. The first kappa shape index (κ1) is 12.8. The zero-order valence-electron chi connectivity index (χ0n) is 5.60. The molecule has 0 amide bonds. The van der Waals surface area contributed by atoms with Crippen LogP contribution in [0.15, 0.2) is 0 Å². The SMILES string of the molecule is CN(C)CC(Br)CBr.Cl. The molecule has 0 heterocycles. The number of halogens is 3. The van der Waals surface area contributed by atoms with E-state index in [1.807, 2.05) is 0 Å². The summed E-state index contributed by atoms with van der Waals surface area (Å²) in [4.78, 5) is 2.73. The van der Waals surface area contributed by atoms with Crippen LogP contribution < -0.4 is 0 Å². The van der Waals surface area contributed by atoms with Gasteiger partial charge in [0.2, 0.25) is 0 Å². The maximum atomic E-state index is 3.49. The Hall–Kier alpha value is 1.21. The fourth-order valence-electron chi connectivity index (χ4n) is 0.445. The molecule has 0 aromatic rings. The fourth-order valence-corrected chi connectivity index (χ4v) is 1.23. The molecule has 0 N–H and O–H groups in total. The molecular weight excluding hydrogens is 269 g/mol. The Bertz CT molecular complexity index is 60.9. The second-order valence-electron chi connectivity index (χ2n) is 2.01. The van der Waals surface area contributed by atoms with E-state index in [9.17, 15) is 0 Å². The molecule has 0 saturated carbocycles. The van der Waals surface area contributed by atoms with E-state index in [-0.39, 0.29) is 12.4 Å². The zero-order valence-corrected chi connectivity index (χ0v) is 9.59. The van der Waals surface area contributed by atoms with E-state index in [4.69, 9.17) is 0 Å². The monoisotopic (exact) mass is 279 g/mol. The molecule has 1 nitrogen and oxygen atoms in total. The van der Waals surface area contributed by atoms with Gasteiger partial charge in [-0.2, -0.15) is 0 Å². The minimum atomic E-state index is 0. The van der Waals surface area contributed by atoms with Crippen LogP contribution in [0.1, 0.15) is 0 Å². The van der Waals surface area contributed by atoms with Crippen molar-refractivity contribution in [1.82, 2.24) is 4.90 Å². The lowest BCUT2D eigenvalue weighted by Gasteiger charge is -2.11. The van der Waals surface area contributed by atoms with Crippen molar-refractivity contribution < 1.29 is 0 Å². The summed E-state index contributed by atoms with van der Waals surface area (Å²) in [6.07, 6.45) is 0. The van der Waals surface area contributed by atoms with Crippen molar-refractivity contribution in [3.63, 3.8) is 0 Å². The Balaban J connectivity index is 0. The molecule has 9 heavy (non-hydrogen) atoms. The summed E-state index contributed by atoms with van der Waals surface area (Å²) in [5, 5.41) is 1.02. The Morgan fingerprint density at radius 1 is 1.44 bits per heavy atom.